The third-order valence-electron chi connectivity index (χ3n) is 2.52. The zero-order valence-corrected chi connectivity index (χ0v) is 9.18. The Balaban J connectivity index is 2.02. The first-order valence-corrected chi connectivity index (χ1v) is 5.27. The number of nitrogens with zero attached hydrogens (tertiary/aromatic N) is 2. The molecule has 2 rings (SSSR count). The smallest absolute Gasteiger partial charge is 0.311 e. The standard InChI is InChI=1S/C11H14N2O3/c1-9-2-3-11(10(8-9)13(14)15)16-7-6-12-4-5-12/h2-3,8H,4-7H2,1H3. The summed E-state index contributed by atoms with van der Waals surface area (Å²) in [6.45, 7) is 5.39. The van der Waals surface area contributed by atoms with Crippen LogP contribution in [0.15, 0.2) is 18.2 Å². The summed E-state index contributed by atoms with van der Waals surface area (Å²) in [5, 5.41) is 10.8. The second-order valence-corrected chi connectivity index (χ2v) is 3.92. The Bertz CT molecular complexity index is 402. The van der Waals surface area contributed by atoms with Crippen LogP contribution in [-0.4, -0.2) is 36.1 Å². The molecular formula is C11H14N2O3. The zero-order chi connectivity index (χ0) is 11.5. The minimum absolute atomic E-state index is 0.0470. The highest BCUT2D eigenvalue weighted by Gasteiger charge is 2.18. The summed E-state index contributed by atoms with van der Waals surface area (Å²) in [6.07, 6.45) is 0. The summed E-state index contributed by atoms with van der Waals surface area (Å²) in [5.74, 6) is 0.359. The number of rotatable bonds is 5. The first-order chi connectivity index (χ1) is 7.66. The van der Waals surface area contributed by atoms with Crippen LogP contribution < -0.4 is 4.74 Å². The van der Waals surface area contributed by atoms with Crippen LogP contribution in [-0.2, 0) is 0 Å². The summed E-state index contributed by atoms with van der Waals surface area (Å²) in [7, 11) is 0. The highest BCUT2D eigenvalue weighted by Crippen LogP contribution is 2.27. The van der Waals surface area contributed by atoms with Gasteiger partial charge >= 0.3 is 5.69 Å². The van der Waals surface area contributed by atoms with Crippen LogP contribution in [0.25, 0.3) is 0 Å². The normalized spacial score (nSPS) is 14.8. The molecule has 0 bridgehead atoms. The topological polar surface area (TPSA) is 55.4 Å². The Labute approximate surface area is 93.8 Å². The van der Waals surface area contributed by atoms with Gasteiger partial charge in [-0.1, -0.05) is 6.07 Å². The van der Waals surface area contributed by atoms with Crippen molar-refractivity contribution in [1.82, 2.24) is 4.90 Å². The molecule has 0 saturated carbocycles. The Morgan fingerprint density at radius 1 is 1.50 bits per heavy atom. The number of benzene rings is 1. The summed E-state index contributed by atoms with van der Waals surface area (Å²) in [4.78, 5) is 12.6. The molecule has 0 aliphatic carbocycles. The minimum Gasteiger partial charge on any atom is -0.485 e. The maximum absolute atomic E-state index is 10.8. The van der Waals surface area contributed by atoms with Gasteiger partial charge in [-0.15, -0.1) is 0 Å². The van der Waals surface area contributed by atoms with E-state index in [0.29, 0.717) is 12.4 Å². The molecule has 0 aromatic heterocycles. The lowest BCUT2D eigenvalue weighted by molar-refractivity contribution is -0.385. The lowest BCUT2D eigenvalue weighted by Crippen LogP contribution is -2.11. The van der Waals surface area contributed by atoms with E-state index in [1.54, 1.807) is 6.07 Å². The van der Waals surface area contributed by atoms with Crippen molar-refractivity contribution < 1.29 is 9.66 Å². The predicted molar refractivity (Wildman–Crippen MR) is 59.8 cm³/mol. The number of aryl methyl sites for hydroxylation is 1. The van der Waals surface area contributed by atoms with E-state index in [1.165, 1.54) is 6.07 Å². The Kier molecular flexibility index (Phi) is 3.05. The van der Waals surface area contributed by atoms with Gasteiger partial charge in [0, 0.05) is 25.7 Å². The van der Waals surface area contributed by atoms with Crippen LogP contribution >= 0.6 is 0 Å². The number of ether oxygens (including phenoxy) is 1. The summed E-state index contributed by atoms with van der Waals surface area (Å²) >= 11 is 0. The van der Waals surface area contributed by atoms with Crippen molar-refractivity contribution >= 4 is 5.69 Å². The molecule has 16 heavy (non-hydrogen) atoms. The maximum atomic E-state index is 10.8. The van der Waals surface area contributed by atoms with Crippen molar-refractivity contribution in [3.8, 4) is 5.75 Å². The molecule has 1 heterocycles. The van der Waals surface area contributed by atoms with Gasteiger partial charge in [-0.05, 0) is 18.6 Å². The van der Waals surface area contributed by atoms with E-state index in [-0.39, 0.29) is 5.69 Å². The van der Waals surface area contributed by atoms with Crippen molar-refractivity contribution in [2.24, 2.45) is 0 Å². The van der Waals surface area contributed by atoms with Gasteiger partial charge < -0.3 is 4.74 Å². The van der Waals surface area contributed by atoms with Crippen LogP contribution in [0.2, 0.25) is 0 Å². The first-order valence-electron chi connectivity index (χ1n) is 5.27. The molecule has 1 aromatic carbocycles. The average Bonchev–Trinajstić information content (AvgIpc) is 3.04. The Morgan fingerprint density at radius 2 is 2.25 bits per heavy atom. The third-order valence-corrected chi connectivity index (χ3v) is 2.52. The fourth-order valence-corrected chi connectivity index (χ4v) is 1.47. The van der Waals surface area contributed by atoms with Crippen LogP contribution in [0.3, 0.4) is 0 Å². The monoisotopic (exact) mass is 222 g/mol. The summed E-state index contributed by atoms with van der Waals surface area (Å²) in [6, 6.07) is 5.02. The predicted octanol–water partition coefficient (Wildman–Crippen LogP) is 1.60. The lowest BCUT2D eigenvalue weighted by Gasteiger charge is -2.07. The van der Waals surface area contributed by atoms with Crippen LogP contribution in [0.5, 0.6) is 5.75 Å². The number of hydrogen-bond donors (Lipinski definition) is 0. The second-order valence-electron chi connectivity index (χ2n) is 3.92. The van der Waals surface area contributed by atoms with E-state index in [0.717, 1.165) is 25.2 Å². The molecule has 5 nitrogen and oxygen atoms in total. The fourth-order valence-electron chi connectivity index (χ4n) is 1.47. The van der Waals surface area contributed by atoms with Crippen LogP contribution in [0.4, 0.5) is 5.69 Å². The van der Waals surface area contributed by atoms with E-state index >= 15 is 0 Å². The molecule has 0 amide bonds. The Hall–Kier alpha value is -1.62. The van der Waals surface area contributed by atoms with Gasteiger partial charge in [-0.25, -0.2) is 0 Å². The molecule has 1 aliphatic rings. The molecule has 0 N–H and O–H groups in total. The molecule has 1 fully saturated rings. The number of hydrogen-bond acceptors (Lipinski definition) is 4. The number of nitro groups is 1. The molecule has 5 heteroatoms. The lowest BCUT2D eigenvalue weighted by atomic mass is 10.2. The first kappa shape index (κ1) is 10.9. The van der Waals surface area contributed by atoms with Crippen molar-refractivity contribution in [3.05, 3.63) is 33.9 Å². The van der Waals surface area contributed by atoms with Gasteiger partial charge in [0.1, 0.15) is 6.61 Å². The fraction of sp³-hybridized carbons (Fsp3) is 0.455. The van der Waals surface area contributed by atoms with Gasteiger partial charge in [0.15, 0.2) is 5.75 Å². The number of nitro benzene ring substituents is 1. The van der Waals surface area contributed by atoms with Gasteiger partial charge in [0.2, 0.25) is 0 Å². The van der Waals surface area contributed by atoms with Crippen molar-refractivity contribution in [3.63, 3.8) is 0 Å². The van der Waals surface area contributed by atoms with Gasteiger partial charge in [-0.3, -0.25) is 15.0 Å². The molecule has 1 aliphatic heterocycles. The van der Waals surface area contributed by atoms with Crippen LogP contribution in [0, 0.1) is 17.0 Å². The van der Waals surface area contributed by atoms with Crippen molar-refractivity contribution in [1.29, 1.82) is 0 Å². The molecule has 0 spiro atoms. The minimum atomic E-state index is -0.403. The molecule has 0 atom stereocenters. The molecule has 1 saturated heterocycles. The zero-order valence-electron chi connectivity index (χ0n) is 9.18. The van der Waals surface area contributed by atoms with Crippen molar-refractivity contribution in [2.45, 2.75) is 6.92 Å². The highest BCUT2D eigenvalue weighted by molar-refractivity contribution is 5.48. The van der Waals surface area contributed by atoms with E-state index in [9.17, 15) is 10.1 Å². The molecule has 1 aromatic rings. The van der Waals surface area contributed by atoms with E-state index in [2.05, 4.69) is 4.90 Å². The quantitative estimate of drug-likeness (QED) is 0.431. The Morgan fingerprint density at radius 3 is 2.88 bits per heavy atom. The van der Waals surface area contributed by atoms with Gasteiger partial charge in [-0.2, -0.15) is 0 Å². The van der Waals surface area contributed by atoms with Gasteiger partial charge in [0.25, 0.3) is 0 Å². The second kappa shape index (κ2) is 4.49. The maximum Gasteiger partial charge on any atom is 0.311 e. The molecule has 0 radical (unpaired) electrons. The largest absolute Gasteiger partial charge is 0.485 e. The summed E-state index contributed by atoms with van der Waals surface area (Å²) in [5.41, 5.74) is 0.913. The van der Waals surface area contributed by atoms with E-state index in [4.69, 9.17) is 4.74 Å². The summed E-state index contributed by atoms with van der Waals surface area (Å²) < 4.78 is 5.42. The molecule has 0 unspecified atom stereocenters. The molecule has 86 valence electrons. The highest BCUT2D eigenvalue weighted by atomic mass is 16.6. The molecular weight excluding hydrogens is 208 g/mol. The van der Waals surface area contributed by atoms with Crippen molar-refractivity contribution in [2.75, 3.05) is 26.2 Å². The average molecular weight is 222 g/mol. The van der Waals surface area contributed by atoms with E-state index in [1.807, 2.05) is 13.0 Å². The third kappa shape index (κ3) is 2.70. The van der Waals surface area contributed by atoms with Gasteiger partial charge in [0.05, 0.1) is 4.92 Å². The SMILES string of the molecule is Cc1ccc(OCCN2CC2)c([N+](=O)[O-])c1. The van der Waals surface area contributed by atoms with E-state index < -0.39 is 4.92 Å². The van der Waals surface area contributed by atoms with Crippen LogP contribution in [0.1, 0.15) is 5.56 Å².